The number of carbonyl (C=O) groups is 2. The molecule has 9 rings (SSSR count). The SMILES string of the molecule is O=C(NC(c1ccccc1)c1cccc(OCc2ccc(C(=O)OCCCN(CCCNCC(O)c3ccc(O)c4[nH]c(=O)ccc34)S(=O)(=O)c3ccccc3)cc2)c1)OC1CN2CCCC1CC2. The van der Waals surface area contributed by atoms with Gasteiger partial charge in [-0.15, -0.1) is 0 Å². The number of sulfonamides is 1. The number of nitrogens with one attached hydrogen (secondary N) is 3. The summed E-state index contributed by atoms with van der Waals surface area (Å²) in [5.41, 5.74) is 3.31. The molecule has 0 spiro atoms. The van der Waals surface area contributed by atoms with Crippen LogP contribution in [0.1, 0.15) is 76.9 Å². The lowest BCUT2D eigenvalue weighted by Crippen LogP contribution is -2.45. The first-order valence-electron chi connectivity index (χ1n) is 23.5. The molecule has 69 heavy (non-hydrogen) atoms. The van der Waals surface area contributed by atoms with Crippen LogP contribution in [0.15, 0.2) is 143 Å². The quantitative estimate of drug-likeness (QED) is 0.0364. The monoisotopic (exact) mass is 957 g/mol. The van der Waals surface area contributed by atoms with Crippen LogP contribution < -0.4 is 20.9 Å². The molecular weight excluding hydrogens is 899 g/mol. The molecule has 16 heteroatoms. The molecule has 15 nitrogen and oxygen atoms in total. The van der Waals surface area contributed by atoms with E-state index in [9.17, 15) is 33.0 Å². The predicted octanol–water partition coefficient (Wildman–Crippen LogP) is 7.06. The van der Waals surface area contributed by atoms with Crippen LogP contribution in [0.25, 0.3) is 10.9 Å². The number of benzene rings is 5. The summed E-state index contributed by atoms with van der Waals surface area (Å²) < 4.78 is 46.6. The minimum Gasteiger partial charge on any atom is -0.506 e. The van der Waals surface area contributed by atoms with E-state index >= 15 is 0 Å². The zero-order chi connectivity index (χ0) is 48.2. The van der Waals surface area contributed by atoms with Gasteiger partial charge in [-0.3, -0.25) is 9.69 Å². The smallest absolute Gasteiger partial charge is 0.408 e. The van der Waals surface area contributed by atoms with Crippen molar-refractivity contribution in [1.29, 1.82) is 0 Å². The number of H-pyrrole nitrogens is 1. The average molecular weight is 958 g/mol. The minimum absolute atomic E-state index is 0.00655. The van der Waals surface area contributed by atoms with E-state index in [1.165, 1.54) is 28.6 Å². The summed E-state index contributed by atoms with van der Waals surface area (Å²) in [5, 5.41) is 28.0. The van der Waals surface area contributed by atoms with Crippen molar-refractivity contribution in [3.8, 4) is 11.5 Å². The number of aromatic amines is 1. The zero-order valence-corrected chi connectivity index (χ0v) is 39.2. The molecule has 5 aromatic carbocycles. The van der Waals surface area contributed by atoms with Gasteiger partial charge in [0.05, 0.1) is 34.7 Å². The molecular formula is C53H59N5O10S. The van der Waals surface area contributed by atoms with Crippen LogP contribution in [0.5, 0.6) is 11.5 Å². The molecule has 1 amide bonds. The Labute approximate surface area is 402 Å². The van der Waals surface area contributed by atoms with Crippen molar-refractivity contribution in [3.05, 3.63) is 172 Å². The lowest BCUT2D eigenvalue weighted by Gasteiger charge is -2.34. The second-order valence-electron chi connectivity index (χ2n) is 17.5. The van der Waals surface area contributed by atoms with Crippen molar-refractivity contribution in [2.75, 3.05) is 52.4 Å². The fraction of sp³-hybridized carbons (Fsp3) is 0.340. The first-order chi connectivity index (χ1) is 33.5. The van der Waals surface area contributed by atoms with Crippen LogP contribution >= 0.6 is 0 Å². The summed E-state index contributed by atoms with van der Waals surface area (Å²) in [5.74, 6) is 0.358. The first kappa shape index (κ1) is 48.9. The van der Waals surface area contributed by atoms with Crippen molar-refractivity contribution in [1.82, 2.24) is 24.8 Å². The highest BCUT2D eigenvalue weighted by Crippen LogP contribution is 2.31. The molecule has 0 saturated carbocycles. The minimum atomic E-state index is -3.87. The third-order valence-corrected chi connectivity index (χ3v) is 14.7. The number of aromatic hydroxyl groups is 1. The van der Waals surface area contributed by atoms with Crippen LogP contribution in [0.2, 0.25) is 0 Å². The van der Waals surface area contributed by atoms with Gasteiger partial charge in [0.2, 0.25) is 15.6 Å². The summed E-state index contributed by atoms with van der Waals surface area (Å²) in [6.07, 6.45) is 2.40. The number of aromatic nitrogens is 1. The van der Waals surface area contributed by atoms with Gasteiger partial charge in [0, 0.05) is 37.6 Å². The Kier molecular flexibility index (Phi) is 16.4. The van der Waals surface area contributed by atoms with Gasteiger partial charge >= 0.3 is 12.1 Å². The molecule has 3 fully saturated rings. The topological polar surface area (TPSA) is 200 Å². The highest BCUT2D eigenvalue weighted by atomic mass is 32.2. The molecule has 3 aliphatic rings. The van der Waals surface area contributed by atoms with E-state index in [2.05, 4.69) is 20.5 Å². The number of fused-ring (bicyclic) bond motifs is 5. The maximum Gasteiger partial charge on any atom is 0.408 e. The molecule has 5 unspecified atom stereocenters. The number of esters is 1. The number of piperidine rings is 1. The van der Waals surface area contributed by atoms with E-state index in [4.69, 9.17) is 14.2 Å². The number of carbonyl (C=O) groups excluding carboxylic acids is 2. The predicted molar refractivity (Wildman–Crippen MR) is 261 cm³/mol. The Bertz CT molecular complexity index is 2830. The fourth-order valence-corrected chi connectivity index (χ4v) is 10.7. The Morgan fingerprint density at radius 1 is 0.841 bits per heavy atom. The summed E-state index contributed by atoms with van der Waals surface area (Å²) in [6, 6.07) is 37.9. The lowest BCUT2D eigenvalue weighted by molar-refractivity contribution is 0.0168. The molecule has 3 aliphatic heterocycles. The van der Waals surface area contributed by atoms with E-state index in [0.717, 1.165) is 55.6 Å². The van der Waals surface area contributed by atoms with Gasteiger partial charge in [0.1, 0.15) is 24.2 Å². The van der Waals surface area contributed by atoms with Gasteiger partial charge in [-0.1, -0.05) is 78.9 Å². The molecule has 1 aromatic heterocycles. The summed E-state index contributed by atoms with van der Waals surface area (Å²) in [7, 11) is -3.87. The van der Waals surface area contributed by atoms with E-state index in [1.54, 1.807) is 54.6 Å². The summed E-state index contributed by atoms with van der Waals surface area (Å²) in [6.45, 7) is 3.92. The number of pyridine rings is 1. The number of nitrogens with zero attached hydrogens (tertiary/aromatic N) is 2. The van der Waals surface area contributed by atoms with E-state index in [0.29, 0.717) is 41.1 Å². The van der Waals surface area contributed by atoms with Crippen molar-refractivity contribution < 1.29 is 42.4 Å². The van der Waals surface area contributed by atoms with Crippen molar-refractivity contribution in [3.63, 3.8) is 0 Å². The van der Waals surface area contributed by atoms with Crippen LogP contribution in [-0.2, 0) is 26.1 Å². The van der Waals surface area contributed by atoms with Gasteiger partial charge in [0.15, 0.2) is 0 Å². The highest BCUT2D eigenvalue weighted by Gasteiger charge is 2.35. The van der Waals surface area contributed by atoms with Crippen molar-refractivity contribution >= 4 is 33.0 Å². The Morgan fingerprint density at radius 2 is 1.59 bits per heavy atom. The maximum atomic E-state index is 13.7. The van der Waals surface area contributed by atoms with Gasteiger partial charge in [-0.2, -0.15) is 4.31 Å². The van der Waals surface area contributed by atoms with E-state index < -0.39 is 34.2 Å². The molecule has 0 radical (unpaired) electrons. The van der Waals surface area contributed by atoms with Crippen LogP contribution in [-0.4, -0.2) is 103 Å². The van der Waals surface area contributed by atoms with Gasteiger partial charge in [0.25, 0.3) is 0 Å². The highest BCUT2D eigenvalue weighted by molar-refractivity contribution is 7.89. The molecule has 2 bridgehead atoms. The van der Waals surface area contributed by atoms with Gasteiger partial charge < -0.3 is 40.0 Å². The number of hydrogen-bond acceptors (Lipinski definition) is 12. The Morgan fingerprint density at radius 3 is 2.39 bits per heavy atom. The van der Waals surface area contributed by atoms with E-state index in [-0.39, 0.29) is 67.1 Å². The molecule has 4 heterocycles. The largest absolute Gasteiger partial charge is 0.506 e. The number of aliphatic hydroxyl groups excluding tert-OH is 1. The number of phenolic OH excluding ortho intramolecular Hbond substituents is 1. The molecule has 0 aliphatic carbocycles. The Balaban J connectivity index is 0.810. The number of rotatable bonds is 21. The third kappa shape index (κ3) is 12.8. The normalized spacial score (nSPS) is 17.7. The third-order valence-electron chi connectivity index (χ3n) is 12.8. The molecule has 6 aromatic rings. The number of hydrogen-bond donors (Lipinski definition) is 5. The van der Waals surface area contributed by atoms with Crippen molar-refractivity contribution in [2.24, 2.45) is 5.92 Å². The number of alkyl carbamates (subject to hydrolysis) is 1. The van der Waals surface area contributed by atoms with Crippen LogP contribution in [0.3, 0.4) is 0 Å². The standard InChI is InChI=1S/C53H59N5O10S/c59-46-24-22-44(45-23-25-49(61)55-51(45)46)47(60)34-54-27-9-29-58(69(64,65)43-16-5-2-6-17-43)30-10-32-66-52(62)40-20-18-37(19-21-40)36-67-42-15-7-13-41(33-42)50(39-11-3-1-4-12-39)56-53(63)68-48-35-57-28-8-14-38(48)26-31-57/h1-7,11-13,15-25,33,38,47-48,50,54,59-60H,8-10,14,26-32,34-36H2,(H,55,61)(H,56,63). The van der Waals surface area contributed by atoms with Gasteiger partial charge in [-0.05, 0) is 128 Å². The summed E-state index contributed by atoms with van der Waals surface area (Å²) >= 11 is 0. The summed E-state index contributed by atoms with van der Waals surface area (Å²) in [4.78, 5) is 43.4. The van der Waals surface area contributed by atoms with Gasteiger partial charge in [-0.25, -0.2) is 18.0 Å². The molecule has 362 valence electrons. The fourth-order valence-electron chi connectivity index (χ4n) is 9.12. The Hall–Kier alpha value is -6.56. The molecule has 3 saturated heterocycles. The van der Waals surface area contributed by atoms with Crippen LogP contribution in [0, 0.1) is 5.92 Å². The van der Waals surface area contributed by atoms with Crippen LogP contribution in [0.4, 0.5) is 4.79 Å². The second kappa shape index (κ2) is 23.2. The first-order valence-corrected chi connectivity index (χ1v) is 25.0. The second-order valence-corrected chi connectivity index (χ2v) is 19.5. The number of ether oxygens (including phenoxy) is 3. The zero-order valence-electron chi connectivity index (χ0n) is 38.4. The molecule has 5 N–H and O–H groups in total. The lowest BCUT2D eigenvalue weighted by atomic mass is 9.92. The van der Waals surface area contributed by atoms with E-state index in [1.807, 2.05) is 54.6 Å². The van der Waals surface area contributed by atoms with Crippen molar-refractivity contribution in [2.45, 2.75) is 61.9 Å². The number of phenols is 1. The average Bonchev–Trinajstić information content (AvgIpc) is 3.72. The maximum absolute atomic E-state index is 13.7. The molecule has 5 atom stereocenters. The number of amides is 1. The number of aliphatic hydroxyl groups is 1.